The summed E-state index contributed by atoms with van der Waals surface area (Å²) in [6.45, 7) is 9.39. The Morgan fingerprint density at radius 2 is 2.06 bits per heavy atom. The maximum Gasteiger partial charge on any atom is 0.154 e. The van der Waals surface area contributed by atoms with E-state index in [1.165, 1.54) is 0 Å². The molecule has 0 unspecified atom stereocenters. The highest BCUT2D eigenvalue weighted by molar-refractivity contribution is 7.99. The van der Waals surface area contributed by atoms with Crippen molar-refractivity contribution in [3.05, 3.63) is 11.3 Å². The van der Waals surface area contributed by atoms with Gasteiger partial charge >= 0.3 is 0 Å². The van der Waals surface area contributed by atoms with Crippen molar-refractivity contribution < 1.29 is 4.79 Å². The van der Waals surface area contributed by atoms with E-state index >= 15 is 0 Å². The summed E-state index contributed by atoms with van der Waals surface area (Å²) >= 11 is 1.71. The summed E-state index contributed by atoms with van der Waals surface area (Å²) in [6, 6.07) is 0. The van der Waals surface area contributed by atoms with Gasteiger partial charge in [0.1, 0.15) is 5.03 Å². The molecule has 0 aliphatic rings. The van der Waals surface area contributed by atoms with Crippen molar-refractivity contribution in [3.8, 4) is 0 Å². The molecule has 0 atom stereocenters. The molecule has 0 saturated heterocycles. The molecule has 0 aliphatic carbocycles. The summed E-state index contributed by atoms with van der Waals surface area (Å²) in [4.78, 5) is 13.4. The second-order valence-electron chi connectivity index (χ2n) is 3.92. The van der Waals surface area contributed by atoms with Crippen LogP contribution in [0, 0.1) is 6.92 Å². The molecule has 5 heteroatoms. The number of hydrogen-bond acceptors (Lipinski definition) is 4. The van der Waals surface area contributed by atoms with Gasteiger partial charge in [-0.15, -0.1) is 11.8 Å². The molecular weight excluding hydrogens is 234 g/mol. The molecule has 1 heterocycles. The third-order valence-corrected chi connectivity index (χ3v) is 4.02. The lowest BCUT2D eigenvalue weighted by molar-refractivity contribution is 0.112. The molecule has 0 bridgehead atoms. The highest BCUT2D eigenvalue weighted by Gasteiger charge is 2.12. The molecule has 1 aromatic heterocycles. The van der Waals surface area contributed by atoms with Gasteiger partial charge in [0, 0.05) is 19.3 Å². The van der Waals surface area contributed by atoms with Crippen molar-refractivity contribution in [2.24, 2.45) is 7.05 Å². The minimum Gasteiger partial charge on any atom is -0.303 e. The summed E-state index contributed by atoms with van der Waals surface area (Å²) in [5.74, 6) is 0.988. The van der Waals surface area contributed by atoms with Gasteiger partial charge in [0.25, 0.3) is 0 Å². The fourth-order valence-electron chi connectivity index (χ4n) is 1.77. The summed E-state index contributed by atoms with van der Waals surface area (Å²) in [6.07, 6.45) is 0.905. The van der Waals surface area contributed by atoms with E-state index in [0.717, 1.165) is 48.0 Å². The van der Waals surface area contributed by atoms with Crippen LogP contribution in [-0.4, -0.2) is 46.4 Å². The Morgan fingerprint density at radius 3 is 2.59 bits per heavy atom. The quantitative estimate of drug-likeness (QED) is 0.551. The normalized spacial score (nSPS) is 11.1. The molecule has 4 nitrogen and oxygen atoms in total. The molecule has 1 rings (SSSR count). The predicted octanol–water partition coefficient (Wildman–Crippen LogP) is 1.97. The molecular formula is C12H21N3OS. The van der Waals surface area contributed by atoms with Crippen molar-refractivity contribution in [3.63, 3.8) is 0 Å². The molecule has 1 aromatic rings. The number of carbonyl (C=O) groups excluding carboxylic acids is 1. The average molecular weight is 255 g/mol. The van der Waals surface area contributed by atoms with Crippen molar-refractivity contribution in [2.75, 3.05) is 25.4 Å². The van der Waals surface area contributed by atoms with Crippen LogP contribution in [0.2, 0.25) is 0 Å². The second-order valence-corrected chi connectivity index (χ2v) is 5.00. The minimum atomic E-state index is 0.733. The van der Waals surface area contributed by atoms with Gasteiger partial charge in [0.05, 0.1) is 11.3 Å². The zero-order valence-corrected chi connectivity index (χ0v) is 11.9. The van der Waals surface area contributed by atoms with Crippen LogP contribution in [-0.2, 0) is 7.05 Å². The first-order valence-corrected chi connectivity index (χ1v) is 6.96. The molecule has 96 valence electrons. The molecule has 0 aliphatic heterocycles. The van der Waals surface area contributed by atoms with E-state index in [0.29, 0.717) is 0 Å². The topological polar surface area (TPSA) is 38.1 Å². The molecule has 0 saturated carbocycles. The number of nitrogens with zero attached hydrogens (tertiary/aromatic N) is 3. The van der Waals surface area contributed by atoms with Gasteiger partial charge in [-0.2, -0.15) is 5.10 Å². The highest BCUT2D eigenvalue weighted by Crippen LogP contribution is 2.23. The number of aromatic nitrogens is 2. The van der Waals surface area contributed by atoms with Crippen molar-refractivity contribution in [1.29, 1.82) is 0 Å². The number of aldehydes is 1. The lowest BCUT2D eigenvalue weighted by Crippen LogP contribution is -2.25. The van der Waals surface area contributed by atoms with Crippen LogP contribution in [0.25, 0.3) is 0 Å². The standard InChI is InChI=1S/C12H21N3OS/c1-5-15(6-2)7-8-17-12-11(9-16)10(3)13-14(12)4/h9H,5-8H2,1-4H3. The third-order valence-electron chi connectivity index (χ3n) is 2.87. The van der Waals surface area contributed by atoms with E-state index in [2.05, 4.69) is 23.8 Å². The maximum atomic E-state index is 11.0. The van der Waals surface area contributed by atoms with Gasteiger partial charge in [-0.3, -0.25) is 9.48 Å². The van der Waals surface area contributed by atoms with Gasteiger partial charge in [0.15, 0.2) is 6.29 Å². The zero-order chi connectivity index (χ0) is 12.8. The molecule has 0 radical (unpaired) electrons. The molecule has 17 heavy (non-hydrogen) atoms. The van der Waals surface area contributed by atoms with Crippen LogP contribution >= 0.6 is 11.8 Å². The van der Waals surface area contributed by atoms with E-state index < -0.39 is 0 Å². The summed E-state index contributed by atoms with van der Waals surface area (Å²) < 4.78 is 1.80. The first-order valence-electron chi connectivity index (χ1n) is 5.97. The number of thioether (sulfide) groups is 1. The molecule has 0 aromatic carbocycles. The van der Waals surface area contributed by atoms with Crippen LogP contribution in [0.15, 0.2) is 5.03 Å². The number of hydrogen-bond donors (Lipinski definition) is 0. The summed E-state index contributed by atoms with van der Waals surface area (Å²) in [5.41, 5.74) is 1.55. The highest BCUT2D eigenvalue weighted by atomic mass is 32.2. The molecule has 0 N–H and O–H groups in total. The SMILES string of the molecule is CCN(CC)CCSc1c(C=O)c(C)nn1C. The fourth-order valence-corrected chi connectivity index (χ4v) is 2.89. The smallest absolute Gasteiger partial charge is 0.154 e. The van der Waals surface area contributed by atoms with E-state index in [9.17, 15) is 4.79 Å². The van der Waals surface area contributed by atoms with E-state index in [1.807, 2.05) is 14.0 Å². The molecule has 0 amide bonds. The third kappa shape index (κ3) is 3.57. The van der Waals surface area contributed by atoms with Crippen molar-refractivity contribution in [2.45, 2.75) is 25.8 Å². The van der Waals surface area contributed by atoms with E-state index in [-0.39, 0.29) is 0 Å². The minimum absolute atomic E-state index is 0.733. The van der Waals surface area contributed by atoms with Gasteiger partial charge in [-0.1, -0.05) is 13.8 Å². The Morgan fingerprint density at radius 1 is 1.41 bits per heavy atom. The lowest BCUT2D eigenvalue weighted by Gasteiger charge is -2.17. The maximum absolute atomic E-state index is 11.0. The second kappa shape index (κ2) is 6.81. The molecule has 0 spiro atoms. The monoisotopic (exact) mass is 255 g/mol. The Hall–Kier alpha value is -0.810. The van der Waals surface area contributed by atoms with Crippen molar-refractivity contribution in [1.82, 2.24) is 14.7 Å². The van der Waals surface area contributed by atoms with Gasteiger partial charge in [-0.25, -0.2) is 0 Å². The first-order chi connectivity index (χ1) is 8.13. The fraction of sp³-hybridized carbons (Fsp3) is 0.667. The van der Waals surface area contributed by atoms with Gasteiger partial charge < -0.3 is 4.90 Å². The van der Waals surface area contributed by atoms with Crippen LogP contribution in [0.5, 0.6) is 0 Å². The van der Waals surface area contributed by atoms with Crippen molar-refractivity contribution >= 4 is 18.0 Å². The van der Waals surface area contributed by atoms with Gasteiger partial charge in [-0.05, 0) is 20.0 Å². The number of aryl methyl sites for hydroxylation is 2. The zero-order valence-electron chi connectivity index (χ0n) is 11.1. The van der Waals surface area contributed by atoms with E-state index in [4.69, 9.17) is 0 Å². The number of carbonyl (C=O) groups is 1. The van der Waals surface area contributed by atoms with Crippen LogP contribution in [0.4, 0.5) is 0 Å². The van der Waals surface area contributed by atoms with Crippen LogP contribution in [0.3, 0.4) is 0 Å². The average Bonchev–Trinajstić information content (AvgIpc) is 2.59. The lowest BCUT2D eigenvalue weighted by atomic mass is 10.3. The Labute approximate surface area is 107 Å². The number of rotatable bonds is 7. The largest absolute Gasteiger partial charge is 0.303 e. The van der Waals surface area contributed by atoms with Crippen LogP contribution in [0.1, 0.15) is 29.9 Å². The van der Waals surface area contributed by atoms with Gasteiger partial charge in [0.2, 0.25) is 0 Å². The van der Waals surface area contributed by atoms with Crippen LogP contribution < -0.4 is 0 Å². The summed E-state index contributed by atoms with van der Waals surface area (Å²) in [7, 11) is 1.89. The first kappa shape index (κ1) is 14.3. The van der Waals surface area contributed by atoms with E-state index in [1.54, 1.807) is 16.4 Å². The Balaban J connectivity index is 2.60. The summed E-state index contributed by atoms with van der Waals surface area (Å²) in [5, 5.41) is 5.25. The Kier molecular flexibility index (Phi) is 5.71. The predicted molar refractivity (Wildman–Crippen MR) is 71.8 cm³/mol. The molecule has 0 fully saturated rings. The Bertz CT molecular complexity index is 372.